The lowest BCUT2D eigenvalue weighted by atomic mass is 9.88. The summed E-state index contributed by atoms with van der Waals surface area (Å²) in [6, 6.07) is 6.91. The lowest BCUT2D eigenvalue weighted by Crippen LogP contribution is -2.36. The molecule has 1 aliphatic heterocycles. The monoisotopic (exact) mass is 549 g/mol. The summed E-state index contributed by atoms with van der Waals surface area (Å²) in [5.41, 5.74) is 2.19. The van der Waals surface area contributed by atoms with E-state index in [1.807, 2.05) is 50.6 Å². The molecule has 1 fully saturated rings. The van der Waals surface area contributed by atoms with Gasteiger partial charge in [-0.05, 0) is 89.9 Å². The lowest BCUT2D eigenvalue weighted by molar-refractivity contribution is -0.00488. The first-order valence-corrected chi connectivity index (χ1v) is 14.1. The van der Waals surface area contributed by atoms with E-state index in [2.05, 4.69) is 37.1 Å². The number of pyridine rings is 1. The highest BCUT2D eigenvalue weighted by Crippen LogP contribution is 2.34. The molecule has 1 saturated heterocycles. The van der Waals surface area contributed by atoms with Crippen molar-refractivity contribution in [1.82, 2.24) is 29.4 Å². The number of anilines is 2. The number of imidazole rings is 1. The highest BCUT2D eigenvalue weighted by atomic mass is 19.1. The second kappa shape index (κ2) is 11.9. The van der Waals surface area contributed by atoms with Gasteiger partial charge in [0, 0.05) is 24.4 Å². The van der Waals surface area contributed by atoms with Crippen LogP contribution in [0.15, 0.2) is 36.7 Å². The van der Waals surface area contributed by atoms with Crippen molar-refractivity contribution in [2.45, 2.75) is 59.6 Å². The Hall–Kier alpha value is -3.50. The highest BCUT2D eigenvalue weighted by Gasteiger charge is 2.28. The quantitative estimate of drug-likeness (QED) is 0.252. The summed E-state index contributed by atoms with van der Waals surface area (Å²) in [5.74, 6) is 0.656. The van der Waals surface area contributed by atoms with Gasteiger partial charge < -0.3 is 19.5 Å². The maximum Gasteiger partial charge on any atom is 0.229 e. The number of nitrogens with zero attached hydrogens (tertiary/aromatic N) is 6. The fourth-order valence-corrected chi connectivity index (χ4v) is 5.71. The van der Waals surface area contributed by atoms with Gasteiger partial charge in [-0.15, -0.1) is 0 Å². The van der Waals surface area contributed by atoms with Crippen molar-refractivity contribution >= 4 is 22.8 Å². The fourth-order valence-electron chi connectivity index (χ4n) is 5.71. The predicted molar refractivity (Wildman–Crippen MR) is 153 cm³/mol. The maximum absolute atomic E-state index is 15.0. The molecule has 8 nitrogen and oxygen atoms in total. The minimum atomic E-state index is -0.645. The van der Waals surface area contributed by atoms with E-state index in [-0.39, 0.29) is 29.3 Å². The summed E-state index contributed by atoms with van der Waals surface area (Å²) in [5, 5.41) is 3.06. The van der Waals surface area contributed by atoms with E-state index in [0.717, 1.165) is 44.2 Å². The lowest BCUT2D eigenvalue weighted by Gasteiger charge is -2.35. The van der Waals surface area contributed by atoms with E-state index in [1.165, 1.54) is 6.07 Å². The Labute approximate surface area is 233 Å². The number of nitrogens with one attached hydrogen (secondary N) is 1. The van der Waals surface area contributed by atoms with Crippen molar-refractivity contribution in [1.29, 1.82) is 0 Å². The number of likely N-dealkylation sites (tertiary alicyclic amines) is 1. The number of rotatable bonds is 9. The van der Waals surface area contributed by atoms with Gasteiger partial charge in [0.25, 0.3) is 0 Å². The molecule has 0 spiro atoms. The van der Waals surface area contributed by atoms with E-state index >= 15 is 4.39 Å². The minimum absolute atomic E-state index is 0.00101. The van der Waals surface area contributed by atoms with Crippen molar-refractivity contribution < 1.29 is 13.5 Å². The van der Waals surface area contributed by atoms with E-state index in [0.29, 0.717) is 35.2 Å². The number of ether oxygens (including phenoxy) is 1. The Morgan fingerprint density at radius 3 is 2.45 bits per heavy atom. The van der Waals surface area contributed by atoms with Crippen LogP contribution in [0.1, 0.15) is 64.1 Å². The van der Waals surface area contributed by atoms with Gasteiger partial charge in [0.2, 0.25) is 5.95 Å². The number of halogens is 2. The average Bonchev–Trinajstić information content (AvgIpc) is 3.30. The Morgan fingerprint density at radius 2 is 1.80 bits per heavy atom. The zero-order valence-corrected chi connectivity index (χ0v) is 23.8. The molecular formula is C30H37F2N7O. The van der Waals surface area contributed by atoms with Gasteiger partial charge in [-0.3, -0.25) is 0 Å². The molecule has 0 saturated carbocycles. The van der Waals surface area contributed by atoms with Crippen LogP contribution in [0.4, 0.5) is 20.5 Å². The molecule has 4 aromatic rings. The summed E-state index contributed by atoms with van der Waals surface area (Å²) in [4.78, 5) is 19.9. The van der Waals surface area contributed by atoms with Gasteiger partial charge >= 0.3 is 0 Å². The maximum atomic E-state index is 15.0. The Morgan fingerprint density at radius 1 is 1.02 bits per heavy atom. The first-order chi connectivity index (χ1) is 19.3. The van der Waals surface area contributed by atoms with Crippen molar-refractivity contribution in [3.05, 3.63) is 59.7 Å². The summed E-state index contributed by atoms with van der Waals surface area (Å²) in [7, 11) is 0. The molecule has 0 aliphatic carbocycles. The van der Waals surface area contributed by atoms with Gasteiger partial charge in [-0.2, -0.15) is 0 Å². The van der Waals surface area contributed by atoms with Gasteiger partial charge in [0.1, 0.15) is 22.9 Å². The number of piperidine rings is 1. The molecule has 1 atom stereocenters. The van der Waals surface area contributed by atoms with Gasteiger partial charge in [-0.25, -0.2) is 28.7 Å². The predicted octanol–water partition coefficient (Wildman–Crippen LogP) is 6.61. The van der Waals surface area contributed by atoms with E-state index in [4.69, 9.17) is 4.74 Å². The van der Waals surface area contributed by atoms with Crippen LogP contribution in [0.25, 0.3) is 22.3 Å². The van der Waals surface area contributed by atoms with Crippen LogP contribution in [-0.4, -0.2) is 55.6 Å². The van der Waals surface area contributed by atoms with Crippen LogP contribution in [0, 0.1) is 24.5 Å². The number of hydrogen-bond acceptors (Lipinski definition) is 7. The number of hydrogen-bond donors (Lipinski definition) is 1. The zero-order chi connectivity index (χ0) is 28.4. The molecular weight excluding hydrogens is 512 g/mol. The van der Waals surface area contributed by atoms with Crippen molar-refractivity contribution in [2.75, 3.05) is 31.6 Å². The molecule has 4 heterocycles. The minimum Gasteiger partial charge on any atom is -0.373 e. The SMILES string of the molecule is CCO[C@H](c1ccc(Nc2ncc(F)c(-c3cc(F)c4nc(C)n(C(C)C)c4c3)n2)nc1)C1CCN(CC)CC1. The van der Waals surface area contributed by atoms with Crippen molar-refractivity contribution in [3.8, 4) is 11.3 Å². The summed E-state index contributed by atoms with van der Waals surface area (Å²) >= 11 is 0. The second-order valence-electron chi connectivity index (χ2n) is 10.6. The van der Waals surface area contributed by atoms with E-state index in [1.54, 1.807) is 6.07 Å². The van der Waals surface area contributed by atoms with Gasteiger partial charge in [0.15, 0.2) is 11.6 Å². The molecule has 1 aliphatic rings. The molecule has 40 heavy (non-hydrogen) atoms. The fraction of sp³-hybridized carbons (Fsp3) is 0.467. The van der Waals surface area contributed by atoms with Crippen LogP contribution in [0.5, 0.6) is 0 Å². The van der Waals surface area contributed by atoms with E-state index in [9.17, 15) is 4.39 Å². The highest BCUT2D eigenvalue weighted by molar-refractivity contribution is 5.83. The number of aromatic nitrogens is 5. The zero-order valence-electron chi connectivity index (χ0n) is 23.8. The molecule has 0 unspecified atom stereocenters. The Balaban J connectivity index is 1.38. The molecule has 10 heteroatoms. The molecule has 5 rings (SSSR count). The average molecular weight is 550 g/mol. The third-order valence-electron chi connectivity index (χ3n) is 7.67. The third kappa shape index (κ3) is 5.69. The van der Waals surface area contributed by atoms with Crippen molar-refractivity contribution in [3.63, 3.8) is 0 Å². The smallest absolute Gasteiger partial charge is 0.229 e. The first kappa shape index (κ1) is 28.0. The standard InChI is InChI=1S/C30H37F2N7O/c1-6-38-12-10-20(11-13-38)29(40-7-2)21-8-9-26(33-16-21)36-30-34-17-24(32)27(37-30)22-14-23(31)28-25(15-22)39(18(3)4)19(5)35-28/h8-9,14-18,20,29H,6-7,10-13H2,1-5H3,(H,33,34,36,37)/t29-/m0/s1. The molecule has 0 radical (unpaired) electrons. The first-order valence-electron chi connectivity index (χ1n) is 14.1. The van der Waals surface area contributed by atoms with Crippen LogP contribution < -0.4 is 5.32 Å². The normalized spacial score (nSPS) is 15.7. The largest absolute Gasteiger partial charge is 0.373 e. The topological polar surface area (TPSA) is 81.0 Å². The molecule has 3 aromatic heterocycles. The molecule has 0 amide bonds. The summed E-state index contributed by atoms with van der Waals surface area (Å²) < 4.78 is 38.0. The summed E-state index contributed by atoms with van der Waals surface area (Å²) in [6.07, 6.45) is 5.08. The number of benzene rings is 1. The van der Waals surface area contributed by atoms with Crippen LogP contribution in [0.3, 0.4) is 0 Å². The molecule has 1 N–H and O–H groups in total. The third-order valence-corrected chi connectivity index (χ3v) is 7.67. The van der Waals surface area contributed by atoms with Crippen LogP contribution in [-0.2, 0) is 4.74 Å². The second-order valence-corrected chi connectivity index (χ2v) is 10.6. The number of aryl methyl sites for hydroxylation is 1. The van der Waals surface area contributed by atoms with Gasteiger partial charge in [-0.1, -0.05) is 13.0 Å². The Bertz CT molecular complexity index is 1460. The van der Waals surface area contributed by atoms with E-state index < -0.39 is 11.6 Å². The van der Waals surface area contributed by atoms with Crippen LogP contribution >= 0.6 is 0 Å². The number of fused-ring (bicyclic) bond motifs is 1. The molecule has 212 valence electrons. The Kier molecular flexibility index (Phi) is 8.37. The van der Waals surface area contributed by atoms with Crippen molar-refractivity contribution in [2.24, 2.45) is 5.92 Å². The van der Waals surface area contributed by atoms with Crippen LogP contribution in [0.2, 0.25) is 0 Å². The molecule has 1 aromatic carbocycles. The molecule has 0 bridgehead atoms. The summed E-state index contributed by atoms with van der Waals surface area (Å²) in [6.45, 7) is 13.9. The van der Waals surface area contributed by atoms with Gasteiger partial charge in [0.05, 0.1) is 17.8 Å².